The van der Waals surface area contributed by atoms with Crippen LogP contribution in [0.15, 0.2) is 24.5 Å². The van der Waals surface area contributed by atoms with Crippen molar-refractivity contribution in [3.63, 3.8) is 0 Å². The van der Waals surface area contributed by atoms with Gasteiger partial charge in [0.05, 0.1) is 13.2 Å². The Kier molecular flexibility index (Phi) is 5.95. The largest absolute Gasteiger partial charge is 0.379 e. The minimum Gasteiger partial charge on any atom is -0.379 e. The topological polar surface area (TPSA) is 46.5 Å². The van der Waals surface area contributed by atoms with Crippen LogP contribution in [-0.4, -0.2) is 53.8 Å². The lowest BCUT2D eigenvalue weighted by Crippen LogP contribution is -2.59. The second-order valence-electron chi connectivity index (χ2n) is 7.26. The van der Waals surface area contributed by atoms with Crippen molar-refractivity contribution in [2.24, 2.45) is 0 Å². The fourth-order valence-corrected chi connectivity index (χ4v) is 4.17. The highest BCUT2D eigenvalue weighted by Gasteiger charge is 2.38. The van der Waals surface area contributed by atoms with Crippen molar-refractivity contribution < 1.29 is 9.53 Å². The number of nitrogens with one attached hydrogen (secondary N) is 1. The summed E-state index contributed by atoms with van der Waals surface area (Å²) < 4.78 is 7.51. The van der Waals surface area contributed by atoms with Crippen LogP contribution in [0.1, 0.15) is 51.5 Å². The molecule has 1 atom stereocenters. The Morgan fingerprint density at radius 3 is 2.38 bits per heavy atom. The molecular formula is C19H31N3O2. The molecule has 2 aliphatic rings. The van der Waals surface area contributed by atoms with Crippen LogP contribution in [0.3, 0.4) is 0 Å². The van der Waals surface area contributed by atoms with Crippen LogP contribution in [0.2, 0.25) is 0 Å². The standard InChI is InChI=1S/C19H31N3O2/c1-17(21-10-6-7-11-21)18(23)20-16-19(8-4-2-3-5-9-19)22-12-14-24-15-13-22/h6-7,10-11,17H,2-5,8-9,12-16H2,1H3,(H,20,23)/t17-/m1/s1. The third kappa shape index (κ3) is 4.01. The maximum absolute atomic E-state index is 12.6. The molecule has 1 N–H and O–H groups in total. The molecule has 0 bridgehead atoms. The van der Waals surface area contributed by atoms with Crippen LogP contribution in [-0.2, 0) is 9.53 Å². The number of rotatable bonds is 5. The van der Waals surface area contributed by atoms with E-state index in [1.165, 1.54) is 38.5 Å². The van der Waals surface area contributed by atoms with E-state index in [-0.39, 0.29) is 17.5 Å². The van der Waals surface area contributed by atoms with Crippen molar-refractivity contribution in [3.05, 3.63) is 24.5 Å². The molecule has 1 saturated carbocycles. The fourth-order valence-electron chi connectivity index (χ4n) is 4.17. The lowest BCUT2D eigenvalue weighted by atomic mass is 9.87. The molecular weight excluding hydrogens is 302 g/mol. The monoisotopic (exact) mass is 333 g/mol. The maximum atomic E-state index is 12.6. The number of ether oxygens (including phenoxy) is 1. The zero-order chi connectivity index (χ0) is 16.8. The number of carbonyl (C=O) groups excluding carboxylic acids is 1. The Balaban J connectivity index is 1.66. The SMILES string of the molecule is C[C@H](C(=O)NCC1(N2CCOCC2)CCCCCC1)n1cccc1. The summed E-state index contributed by atoms with van der Waals surface area (Å²) in [5, 5.41) is 3.26. The molecule has 0 aromatic carbocycles. The molecule has 2 fully saturated rings. The Labute approximate surface area is 145 Å². The summed E-state index contributed by atoms with van der Waals surface area (Å²) in [7, 11) is 0. The van der Waals surface area contributed by atoms with Crippen molar-refractivity contribution in [2.45, 2.75) is 57.0 Å². The Bertz CT molecular complexity index is 501. The molecule has 1 aliphatic heterocycles. The number of aromatic nitrogens is 1. The molecule has 1 aliphatic carbocycles. The predicted octanol–water partition coefficient (Wildman–Crippen LogP) is 2.59. The third-order valence-electron chi connectivity index (χ3n) is 5.76. The van der Waals surface area contributed by atoms with Gasteiger partial charge in [0.2, 0.25) is 5.91 Å². The number of morpholine rings is 1. The smallest absolute Gasteiger partial charge is 0.242 e. The van der Waals surface area contributed by atoms with Gasteiger partial charge in [-0.1, -0.05) is 25.7 Å². The first-order valence-corrected chi connectivity index (χ1v) is 9.44. The molecule has 1 aromatic rings. The Morgan fingerprint density at radius 2 is 1.75 bits per heavy atom. The predicted molar refractivity (Wildman–Crippen MR) is 95.0 cm³/mol. The van der Waals surface area contributed by atoms with Crippen molar-refractivity contribution in [1.29, 1.82) is 0 Å². The van der Waals surface area contributed by atoms with E-state index >= 15 is 0 Å². The third-order valence-corrected chi connectivity index (χ3v) is 5.76. The van der Waals surface area contributed by atoms with Gasteiger partial charge in [0.15, 0.2) is 0 Å². The molecule has 5 heteroatoms. The maximum Gasteiger partial charge on any atom is 0.242 e. The fraction of sp³-hybridized carbons (Fsp3) is 0.737. The second kappa shape index (κ2) is 8.17. The van der Waals surface area contributed by atoms with Gasteiger partial charge in [0.1, 0.15) is 6.04 Å². The van der Waals surface area contributed by atoms with E-state index in [0.29, 0.717) is 0 Å². The molecule has 134 valence electrons. The number of hydrogen-bond acceptors (Lipinski definition) is 3. The van der Waals surface area contributed by atoms with Crippen LogP contribution in [0.25, 0.3) is 0 Å². The van der Waals surface area contributed by atoms with E-state index in [9.17, 15) is 4.79 Å². The van der Waals surface area contributed by atoms with Gasteiger partial charge in [-0.2, -0.15) is 0 Å². The molecule has 3 rings (SSSR count). The molecule has 2 heterocycles. The molecule has 5 nitrogen and oxygen atoms in total. The zero-order valence-electron chi connectivity index (χ0n) is 14.9. The molecule has 0 radical (unpaired) electrons. The zero-order valence-corrected chi connectivity index (χ0v) is 14.9. The normalized spacial score (nSPS) is 23.4. The molecule has 0 unspecified atom stereocenters. The highest BCUT2D eigenvalue weighted by atomic mass is 16.5. The van der Waals surface area contributed by atoms with Gasteiger partial charge in [-0.25, -0.2) is 0 Å². The first-order chi connectivity index (χ1) is 11.7. The minimum atomic E-state index is -0.160. The minimum absolute atomic E-state index is 0.114. The lowest BCUT2D eigenvalue weighted by molar-refractivity contribution is -0.125. The average Bonchev–Trinajstić information content (AvgIpc) is 3.06. The summed E-state index contributed by atoms with van der Waals surface area (Å²) in [5.74, 6) is 0.114. The van der Waals surface area contributed by atoms with Gasteiger partial charge in [0, 0.05) is 37.6 Å². The highest BCUT2D eigenvalue weighted by molar-refractivity contribution is 5.80. The van der Waals surface area contributed by atoms with E-state index < -0.39 is 0 Å². The van der Waals surface area contributed by atoms with Gasteiger partial charge in [-0.05, 0) is 31.9 Å². The average molecular weight is 333 g/mol. The van der Waals surface area contributed by atoms with Crippen LogP contribution in [0, 0.1) is 0 Å². The summed E-state index contributed by atoms with van der Waals surface area (Å²) in [5.41, 5.74) is 0.117. The number of amides is 1. The first-order valence-electron chi connectivity index (χ1n) is 9.44. The highest BCUT2D eigenvalue weighted by Crippen LogP contribution is 2.33. The van der Waals surface area contributed by atoms with E-state index in [4.69, 9.17) is 4.74 Å². The number of carbonyl (C=O) groups is 1. The molecule has 1 saturated heterocycles. The number of nitrogens with zero attached hydrogens (tertiary/aromatic N) is 2. The van der Waals surface area contributed by atoms with Crippen LogP contribution < -0.4 is 5.32 Å². The molecule has 24 heavy (non-hydrogen) atoms. The van der Waals surface area contributed by atoms with E-state index in [0.717, 1.165) is 32.8 Å². The first kappa shape index (κ1) is 17.5. The van der Waals surface area contributed by atoms with Gasteiger partial charge in [-0.15, -0.1) is 0 Å². The van der Waals surface area contributed by atoms with Crippen molar-refractivity contribution in [2.75, 3.05) is 32.8 Å². The summed E-state index contributed by atoms with van der Waals surface area (Å²) in [6.07, 6.45) is 11.4. The summed E-state index contributed by atoms with van der Waals surface area (Å²) in [4.78, 5) is 15.2. The van der Waals surface area contributed by atoms with Crippen molar-refractivity contribution in [3.8, 4) is 0 Å². The van der Waals surface area contributed by atoms with Crippen LogP contribution >= 0.6 is 0 Å². The second-order valence-corrected chi connectivity index (χ2v) is 7.26. The van der Waals surface area contributed by atoms with E-state index in [2.05, 4.69) is 10.2 Å². The molecule has 1 aromatic heterocycles. The van der Waals surface area contributed by atoms with E-state index in [1.54, 1.807) is 0 Å². The lowest BCUT2D eigenvalue weighted by Gasteiger charge is -2.46. The summed E-state index contributed by atoms with van der Waals surface area (Å²) >= 11 is 0. The molecule has 1 amide bonds. The Morgan fingerprint density at radius 1 is 1.12 bits per heavy atom. The van der Waals surface area contributed by atoms with Gasteiger partial charge < -0.3 is 14.6 Å². The van der Waals surface area contributed by atoms with Crippen LogP contribution in [0.4, 0.5) is 0 Å². The van der Waals surface area contributed by atoms with Gasteiger partial charge >= 0.3 is 0 Å². The quantitative estimate of drug-likeness (QED) is 0.843. The van der Waals surface area contributed by atoms with Crippen LogP contribution in [0.5, 0.6) is 0 Å². The summed E-state index contributed by atoms with van der Waals surface area (Å²) in [6, 6.07) is 3.77. The van der Waals surface area contributed by atoms with Crippen molar-refractivity contribution in [1.82, 2.24) is 14.8 Å². The van der Waals surface area contributed by atoms with Crippen molar-refractivity contribution >= 4 is 5.91 Å². The summed E-state index contributed by atoms with van der Waals surface area (Å²) in [6.45, 7) is 6.33. The molecule has 0 spiro atoms. The van der Waals surface area contributed by atoms with E-state index in [1.807, 2.05) is 36.0 Å². The Hall–Kier alpha value is -1.33. The van der Waals surface area contributed by atoms with Gasteiger partial charge in [-0.3, -0.25) is 9.69 Å². The number of hydrogen-bond donors (Lipinski definition) is 1. The van der Waals surface area contributed by atoms with Gasteiger partial charge in [0.25, 0.3) is 0 Å².